The van der Waals surface area contributed by atoms with Crippen LogP contribution in [0.2, 0.25) is 0 Å². The SMILES string of the molecule is CCc1ncc(CNC2C3C4CCC(C4)C23)s1. The number of hydrogen-bond acceptors (Lipinski definition) is 3. The molecule has 3 saturated carbocycles. The van der Waals surface area contributed by atoms with Gasteiger partial charge in [0.05, 0.1) is 5.01 Å². The predicted octanol–water partition coefficient (Wildman–Crippen LogP) is 2.84. The minimum absolute atomic E-state index is 0.855. The van der Waals surface area contributed by atoms with Crippen LogP contribution in [0.4, 0.5) is 0 Å². The molecule has 3 heteroatoms. The van der Waals surface area contributed by atoms with Gasteiger partial charge in [0, 0.05) is 23.7 Å². The molecular formula is C14H20N2S. The molecule has 0 spiro atoms. The Kier molecular flexibility index (Phi) is 2.34. The molecule has 2 bridgehead atoms. The van der Waals surface area contributed by atoms with E-state index in [1.807, 2.05) is 11.3 Å². The fraction of sp³-hybridized carbons (Fsp3) is 0.786. The van der Waals surface area contributed by atoms with Crippen molar-refractivity contribution in [3.63, 3.8) is 0 Å². The first-order chi connectivity index (χ1) is 8.36. The van der Waals surface area contributed by atoms with E-state index in [-0.39, 0.29) is 0 Å². The topological polar surface area (TPSA) is 24.9 Å². The lowest BCUT2D eigenvalue weighted by Gasteiger charge is -2.09. The third-order valence-corrected chi connectivity index (χ3v) is 6.29. The van der Waals surface area contributed by atoms with E-state index in [0.29, 0.717) is 0 Å². The molecule has 1 aromatic rings. The summed E-state index contributed by atoms with van der Waals surface area (Å²) in [5.74, 6) is 4.25. The fourth-order valence-corrected chi connectivity index (χ4v) is 5.22. The van der Waals surface area contributed by atoms with E-state index < -0.39 is 0 Å². The van der Waals surface area contributed by atoms with Crippen LogP contribution in [0, 0.1) is 23.7 Å². The van der Waals surface area contributed by atoms with Crippen LogP contribution in [0.25, 0.3) is 0 Å². The molecule has 1 N–H and O–H groups in total. The van der Waals surface area contributed by atoms with Crippen molar-refractivity contribution in [2.24, 2.45) is 23.7 Å². The predicted molar refractivity (Wildman–Crippen MR) is 69.9 cm³/mol. The van der Waals surface area contributed by atoms with Gasteiger partial charge in [-0.2, -0.15) is 0 Å². The second kappa shape index (κ2) is 3.79. The average Bonchev–Trinajstić information content (AvgIpc) is 2.81. The number of fused-ring (bicyclic) bond motifs is 5. The highest BCUT2D eigenvalue weighted by Crippen LogP contribution is 2.65. The first-order valence-corrected chi connectivity index (χ1v) is 7.85. The maximum absolute atomic E-state index is 4.43. The molecule has 1 aromatic heterocycles. The average molecular weight is 248 g/mol. The molecule has 4 atom stereocenters. The molecule has 92 valence electrons. The van der Waals surface area contributed by atoms with Crippen molar-refractivity contribution in [3.8, 4) is 0 Å². The first kappa shape index (κ1) is 10.5. The van der Waals surface area contributed by atoms with Crippen LogP contribution in [-0.2, 0) is 13.0 Å². The summed E-state index contributed by atoms with van der Waals surface area (Å²) in [6.45, 7) is 3.23. The van der Waals surface area contributed by atoms with E-state index in [0.717, 1.165) is 42.7 Å². The highest BCUT2D eigenvalue weighted by atomic mass is 32.1. The second-order valence-electron chi connectivity index (χ2n) is 5.97. The summed E-state index contributed by atoms with van der Waals surface area (Å²) in [5.41, 5.74) is 0. The van der Waals surface area contributed by atoms with E-state index in [4.69, 9.17) is 0 Å². The number of hydrogen-bond donors (Lipinski definition) is 1. The standard InChI is InChI=1S/C14H20N2S/c1-2-11-15-6-10(17-11)7-16-14-12-8-3-4-9(5-8)13(12)14/h6,8-9,12-14,16H,2-5,7H2,1H3. The molecule has 0 amide bonds. The number of aryl methyl sites for hydroxylation is 1. The Morgan fingerprint density at radius 2 is 2.12 bits per heavy atom. The summed E-state index contributed by atoms with van der Waals surface area (Å²) < 4.78 is 0. The van der Waals surface area contributed by atoms with Gasteiger partial charge < -0.3 is 5.32 Å². The maximum Gasteiger partial charge on any atom is 0.0925 e. The highest BCUT2D eigenvalue weighted by Gasteiger charge is 2.64. The maximum atomic E-state index is 4.43. The van der Waals surface area contributed by atoms with Gasteiger partial charge in [0.1, 0.15) is 0 Å². The number of thiazole rings is 1. The number of nitrogens with one attached hydrogen (secondary N) is 1. The van der Waals surface area contributed by atoms with Crippen LogP contribution in [0.5, 0.6) is 0 Å². The van der Waals surface area contributed by atoms with Crippen LogP contribution in [0.15, 0.2) is 6.20 Å². The van der Waals surface area contributed by atoms with Crippen LogP contribution >= 0.6 is 11.3 Å². The van der Waals surface area contributed by atoms with Crippen molar-refractivity contribution in [1.82, 2.24) is 10.3 Å². The Labute approximate surface area is 107 Å². The molecule has 0 aliphatic heterocycles. The zero-order valence-electron chi connectivity index (χ0n) is 10.4. The molecule has 17 heavy (non-hydrogen) atoms. The molecular weight excluding hydrogens is 228 g/mol. The lowest BCUT2D eigenvalue weighted by atomic mass is 10.0. The van der Waals surface area contributed by atoms with Crippen molar-refractivity contribution in [2.75, 3.05) is 0 Å². The second-order valence-corrected chi connectivity index (χ2v) is 7.17. The minimum Gasteiger partial charge on any atom is -0.308 e. The molecule has 2 nitrogen and oxygen atoms in total. The van der Waals surface area contributed by atoms with E-state index in [1.54, 1.807) is 6.42 Å². The van der Waals surface area contributed by atoms with E-state index >= 15 is 0 Å². The summed E-state index contributed by atoms with van der Waals surface area (Å²) >= 11 is 1.87. The van der Waals surface area contributed by atoms with Crippen molar-refractivity contribution >= 4 is 11.3 Å². The van der Waals surface area contributed by atoms with Crippen LogP contribution in [-0.4, -0.2) is 11.0 Å². The van der Waals surface area contributed by atoms with E-state index in [1.165, 1.54) is 22.7 Å². The number of rotatable bonds is 4. The smallest absolute Gasteiger partial charge is 0.0925 e. The minimum atomic E-state index is 0.855. The quantitative estimate of drug-likeness (QED) is 0.886. The van der Waals surface area contributed by atoms with Crippen LogP contribution < -0.4 is 5.32 Å². The third kappa shape index (κ3) is 1.59. The monoisotopic (exact) mass is 248 g/mol. The first-order valence-electron chi connectivity index (χ1n) is 7.03. The molecule has 4 unspecified atom stereocenters. The largest absolute Gasteiger partial charge is 0.308 e. The van der Waals surface area contributed by atoms with Crippen molar-refractivity contribution in [2.45, 2.75) is 45.2 Å². The Hall–Kier alpha value is -0.410. The van der Waals surface area contributed by atoms with Gasteiger partial charge in [-0.15, -0.1) is 11.3 Å². The molecule has 0 saturated heterocycles. The number of nitrogens with zero attached hydrogens (tertiary/aromatic N) is 1. The van der Waals surface area contributed by atoms with Crippen LogP contribution in [0.1, 0.15) is 36.1 Å². The third-order valence-electron chi connectivity index (χ3n) is 5.15. The van der Waals surface area contributed by atoms with Gasteiger partial charge in [0.2, 0.25) is 0 Å². The normalized spacial score (nSPS) is 41.8. The van der Waals surface area contributed by atoms with Crippen LogP contribution in [0.3, 0.4) is 0 Å². The summed E-state index contributed by atoms with van der Waals surface area (Å²) in [5, 5.41) is 5.06. The van der Waals surface area contributed by atoms with Gasteiger partial charge in [0.25, 0.3) is 0 Å². The Balaban J connectivity index is 1.35. The van der Waals surface area contributed by atoms with Gasteiger partial charge in [-0.3, -0.25) is 0 Å². The highest BCUT2D eigenvalue weighted by molar-refractivity contribution is 7.11. The van der Waals surface area contributed by atoms with Gasteiger partial charge in [-0.25, -0.2) is 4.98 Å². The van der Waals surface area contributed by atoms with Crippen molar-refractivity contribution in [1.29, 1.82) is 0 Å². The lowest BCUT2D eigenvalue weighted by molar-refractivity contribution is 0.456. The number of aromatic nitrogens is 1. The fourth-order valence-electron chi connectivity index (χ4n) is 4.41. The molecule has 0 aromatic carbocycles. The molecule has 4 rings (SSSR count). The zero-order chi connectivity index (χ0) is 11.4. The Bertz CT molecular complexity index is 412. The van der Waals surface area contributed by atoms with E-state index in [9.17, 15) is 0 Å². The van der Waals surface area contributed by atoms with Gasteiger partial charge >= 0.3 is 0 Å². The summed E-state index contributed by atoms with van der Waals surface area (Å²) in [6.07, 6.45) is 7.72. The van der Waals surface area contributed by atoms with Gasteiger partial charge in [-0.05, 0) is 49.4 Å². The summed E-state index contributed by atoms with van der Waals surface area (Å²) in [7, 11) is 0. The summed E-state index contributed by atoms with van der Waals surface area (Å²) in [6, 6.07) is 0.855. The molecule has 0 radical (unpaired) electrons. The zero-order valence-corrected chi connectivity index (χ0v) is 11.2. The van der Waals surface area contributed by atoms with Crippen molar-refractivity contribution in [3.05, 3.63) is 16.1 Å². The van der Waals surface area contributed by atoms with E-state index in [2.05, 4.69) is 23.4 Å². The molecule has 3 aliphatic rings. The Morgan fingerprint density at radius 3 is 2.76 bits per heavy atom. The van der Waals surface area contributed by atoms with Crippen molar-refractivity contribution < 1.29 is 0 Å². The molecule has 3 aliphatic carbocycles. The Morgan fingerprint density at radius 1 is 1.35 bits per heavy atom. The summed E-state index contributed by atoms with van der Waals surface area (Å²) in [4.78, 5) is 5.84. The molecule has 1 heterocycles. The molecule has 3 fully saturated rings. The van der Waals surface area contributed by atoms with Gasteiger partial charge in [0.15, 0.2) is 0 Å². The van der Waals surface area contributed by atoms with Gasteiger partial charge in [-0.1, -0.05) is 6.92 Å². The lowest BCUT2D eigenvalue weighted by Crippen LogP contribution is -2.21.